The summed E-state index contributed by atoms with van der Waals surface area (Å²) in [5.74, 6) is 0.148. The zero-order valence-electron chi connectivity index (χ0n) is 11.9. The summed E-state index contributed by atoms with van der Waals surface area (Å²) in [5, 5.41) is 11.0. The Morgan fingerprint density at radius 2 is 2.24 bits per heavy atom. The lowest BCUT2D eigenvalue weighted by Crippen LogP contribution is -2.43. The van der Waals surface area contributed by atoms with Gasteiger partial charge in [-0.3, -0.25) is 14.9 Å². The van der Waals surface area contributed by atoms with Crippen molar-refractivity contribution in [1.82, 2.24) is 4.90 Å². The molecule has 1 aliphatic rings. The maximum Gasteiger partial charge on any atom is 0.311 e. The summed E-state index contributed by atoms with van der Waals surface area (Å²) in [6.07, 6.45) is 0.865. The fourth-order valence-corrected chi connectivity index (χ4v) is 2.90. The molecule has 114 valence electrons. The average molecular weight is 357 g/mol. The molecule has 0 aliphatic carbocycles. The number of para-hydroxylation sites is 1. The van der Waals surface area contributed by atoms with Crippen LogP contribution < -0.4 is 4.74 Å². The van der Waals surface area contributed by atoms with Gasteiger partial charge in [0.2, 0.25) is 5.75 Å². The van der Waals surface area contributed by atoms with Gasteiger partial charge in [-0.1, -0.05) is 28.9 Å². The highest BCUT2D eigenvalue weighted by molar-refractivity contribution is 9.09. The average Bonchev–Trinajstić information content (AvgIpc) is 2.48. The minimum absolute atomic E-state index is 0.0288. The van der Waals surface area contributed by atoms with E-state index in [0.29, 0.717) is 23.8 Å². The van der Waals surface area contributed by atoms with Gasteiger partial charge in [0.15, 0.2) is 0 Å². The molecule has 1 aliphatic heterocycles. The second-order valence-electron chi connectivity index (χ2n) is 5.15. The Balaban J connectivity index is 2.31. The van der Waals surface area contributed by atoms with Crippen LogP contribution >= 0.6 is 15.9 Å². The van der Waals surface area contributed by atoms with Crippen molar-refractivity contribution >= 4 is 27.5 Å². The first-order valence-corrected chi connectivity index (χ1v) is 7.62. The highest BCUT2D eigenvalue weighted by Gasteiger charge is 2.30. The van der Waals surface area contributed by atoms with Gasteiger partial charge in [-0.25, -0.2) is 0 Å². The number of carbonyl (C=O) groups is 1. The van der Waals surface area contributed by atoms with Crippen LogP contribution in [0.4, 0.5) is 5.69 Å². The summed E-state index contributed by atoms with van der Waals surface area (Å²) in [6.45, 7) is 3.33. The Bertz CT molecular complexity index is 564. The van der Waals surface area contributed by atoms with Crippen molar-refractivity contribution in [3.8, 4) is 5.75 Å². The first-order valence-electron chi connectivity index (χ1n) is 6.70. The largest absolute Gasteiger partial charge is 0.490 e. The molecule has 21 heavy (non-hydrogen) atoms. The summed E-state index contributed by atoms with van der Waals surface area (Å²) in [4.78, 5) is 25.2. The van der Waals surface area contributed by atoms with Crippen molar-refractivity contribution in [1.29, 1.82) is 0 Å². The summed E-state index contributed by atoms with van der Waals surface area (Å²) < 4.78 is 5.10. The predicted octanol–water partition coefficient (Wildman–Crippen LogP) is 2.85. The predicted molar refractivity (Wildman–Crippen MR) is 82.0 cm³/mol. The minimum atomic E-state index is -0.539. The van der Waals surface area contributed by atoms with E-state index in [1.54, 1.807) is 11.0 Å². The number of amides is 1. The quantitative estimate of drug-likeness (QED) is 0.474. The van der Waals surface area contributed by atoms with Crippen molar-refractivity contribution in [2.75, 3.05) is 20.2 Å². The van der Waals surface area contributed by atoms with Crippen LogP contribution in [0.25, 0.3) is 0 Å². The second-order valence-corrected chi connectivity index (χ2v) is 6.32. The number of ether oxygens (including phenoxy) is 1. The van der Waals surface area contributed by atoms with Gasteiger partial charge in [-0.2, -0.15) is 0 Å². The van der Waals surface area contributed by atoms with Gasteiger partial charge in [0.05, 0.1) is 17.6 Å². The molecule has 1 aromatic carbocycles. The number of rotatable bonds is 3. The summed E-state index contributed by atoms with van der Waals surface area (Å²) in [5.41, 5.74) is 0.0544. The monoisotopic (exact) mass is 356 g/mol. The van der Waals surface area contributed by atoms with Crippen molar-refractivity contribution < 1.29 is 14.5 Å². The van der Waals surface area contributed by atoms with Crippen molar-refractivity contribution in [2.45, 2.75) is 18.2 Å². The molecule has 1 fully saturated rings. The zero-order valence-corrected chi connectivity index (χ0v) is 13.5. The van der Waals surface area contributed by atoms with Crippen LogP contribution in [0.1, 0.15) is 23.7 Å². The molecule has 0 bridgehead atoms. The molecule has 0 saturated carbocycles. The minimum Gasteiger partial charge on any atom is -0.490 e. The molecule has 0 aromatic heterocycles. The van der Waals surface area contributed by atoms with E-state index in [-0.39, 0.29) is 22.9 Å². The first kappa shape index (κ1) is 15.8. The number of likely N-dealkylation sites (tertiary alicyclic amines) is 1. The van der Waals surface area contributed by atoms with Crippen molar-refractivity contribution in [3.63, 3.8) is 0 Å². The number of carbonyl (C=O) groups excluding carboxylic acids is 1. The molecule has 1 amide bonds. The van der Waals surface area contributed by atoms with Gasteiger partial charge >= 0.3 is 5.69 Å². The molecule has 7 heteroatoms. The summed E-state index contributed by atoms with van der Waals surface area (Å²) >= 11 is 3.59. The van der Waals surface area contributed by atoms with Crippen LogP contribution in [-0.4, -0.2) is 40.8 Å². The molecular weight excluding hydrogens is 340 g/mol. The summed E-state index contributed by atoms with van der Waals surface area (Å²) in [6, 6.07) is 4.41. The normalized spacial score (nSPS) is 22.0. The van der Waals surface area contributed by atoms with Crippen LogP contribution in [0.3, 0.4) is 0 Å². The van der Waals surface area contributed by atoms with E-state index in [4.69, 9.17) is 4.74 Å². The van der Waals surface area contributed by atoms with E-state index in [1.807, 2.05) is 0 Å². The van der Waals surface area contributed by atoms with Crippen molar-refractivity contribution in [2.24, 2.45) is 5.92 Å². The molecule has 2 rings (SSSR count). The maximum absolute atomic E-state index is 12.6. The summed E-state index contributed by atoms with van der Waals surface area (Å²) in [7, 11) is 1.34. The molecule has 1 aromatic rings. The van der Waals surface area contributed by atoms with Gasteiger partial charge in [-0.15, -0.1) is 0 Å². The molecule has 6 nitrogen and oxygen atoms in total. The van der Waals surface area contributed by atoms with Crippen LogP contribution in [0.5, 0.6) is 5.75 Å². The third kappa shape index (κ3) is 3.18. The number of nitrogens with zero attached hydrogens (tertiary/aromatic N) is 2. The number of nitro benzene ring substituents is 1. The van der Waals surface area contributed by atoms with Crippen molar-refractivity contribution in [3.05, 3.63) is 33.9 Å². The Hall–Kier alpha value is -1.63. The lowest BCUT2D eigenvalue weighted by molar-refractivity contribution is -0.385. The second kappa shape index (κ2) is 6.43. The Morgan fingerprint density at radius 3 is 2.81 bits per heavy atom. The number of halogens is 1. The fraction of sp³-hybridized carbons (Fsp3) is 0.500. The van der Waals surface area contributed by atoms with Crippen LogP contribution in [0, 0.1) is 16.0 Å². The van der Waals surface area contributed by atoms with E-state index in [9.17, 15) is 14.9 Å². The molecule has 2 unspecified atom stereocenters. The maximum atomic E-state index is 12.6. The molecule has 2 atom stereocenters. The van der Waals surface area contributed by atoms with Crippen LogP contribution in [-0.2, 0) is 0 Å². The molecule has 1 saturated heterocycles. The van der Waals surface area contributed by atoms with Gasteiger partial charge in [-0.05, 0) is 18.4 Å². The lowest BCUT2D eigenvalue weighted by Gasteiger charge is -2.34. The number of piperidine rings is 1. The first-order chi connectivity index (χ1) is 9.95. The van der Waals surface area contributed by atoms with E-state index in [2.05, 4.69) is 22.9 Å². The van der Waals surface area contributed by atoms with Gasteiger partial charge in [0, 0.05) is 24.0 Å². The molecule has 0 spiro atoms. The van der Waals surface area contributed by atoms with E-state index in [1.165, 1.54) is 19.2 Å². The molecule has 0 N–H and O–H groups in total. The van der Waals surface area contributed by atoms with Gasteiger partial charge in [0.25, 0.3) is 5.91 Å². The van der Waals surface area contributed by atoms with Gasteiger partial charge < -0.3 is 9.64 Å². The molecule has 0 radical (unpaired) electrons. The number of methoxy groups -OCH3 is 1. The highest BCUT2D eigenvalue weighted by atomic mass is 79.9. The number of nitro groups is 1. The van der Waals surface area contributed by atoms with E-state index in [0.717, 1.165) is 6.42 Å². The molecule has 1 heterocycles. The third-order valence-electron chi connectivity index (χ3n) is 3.71. The van der Waals surface area contributed by atoms with E-state index < -0.39 is 4.92 Å². The Labute approximate surface area is 131 Å². The molecular formula is C14H17BrN2O4. The van der Waals surface area contributed by atoms with Crippen LogP contribution in [0.2, 0.25) is 0 Å². The topological polar surface area (TPSA) is 72.7 Å². The Morgan fingerprint density at radius 1 is 1.52 bits per heavy atom. The number of benzene rings is 1. The van der Waals surface area contributed by atoms with Gasteiger partial charge in [0.1, 0.15) is 0 Å². The number of hydrogen-bond donors (Lipinski definition) is 0. The zero-order chi connectivity index (χ0) is 15.6. The Kier molecular flexibility index (Phi) is 4.82. The smallest absolute Gasteiger partial charge is 0.311 e. The number of alkyl halides is 1. The fourth-order valence-electron chi connectivity index (χ4n) is 2.52. The van der Waals surface area contributed by atoms with Crippen LogP contribution in [0.15, 0.2) is 18.2 Å². The number of hydrogen-bond acceptors (Lipinski definition) is 4. The lowest BCUT2D eigenvalue weighted by atomic mass is 9.99. The standard InChI is InChI=1S/C14H17BrN2O4/c1-9-8-16(7-6-11(9)15)14(18)10-4-3-5-12(17(19)20)13(10)21-2/h3-5,9,11H,6-8H2,1-2H3. The van der Waals surface area contributed by atoms with E-state index >= 15 is 0 Å². The SMILES string of the molecule is COc1c(C(=O)N2CCC(Br)C(C)C2)cccc1[N+](=O)[O-]. The highest BCUT2D eigenvalue weighted by Crippen LogP contribution is 2.32. The third-order valence-corrected chi connectivity index (χ3v) is 5.07.